The highest BCUT2D eigenvalue weighted by Gasteiger charge is 2.38. The molecular weight excluding hydrogens is 302 g/mol. The molecule has 4 rings (SSSR count). The maximum absolute atomic E-state index is 10.6. The Morgan fingerprint density at radius 2 is 2.00 bits per heavy atom. The number of aromatic nitrogens is 2. The SMILES string of the molecule is Cc1cc(N[C@H]2C[C@@](C)(O)C2)nnc1-c1ccc2c(c1O)CCC2. The van der Waals surface area contributed by atoms with Crippen molar-refractivity contribution in [3.8, 4) is 17.0 Å². The van der Waals surface area contributed by atoms with Gasteiger partial charge in [-0.1, -0.05) is 6.07 Å². The van der Waals surface area contributed by atoms with E-state index in [2.05, 4.69) is 21.6 Å². The molecular formula is C19H23N3O2. The van der Waals surface area contributed by atoms with Crippen molar-refractivity contribution in [2.24, 2.45) is 0 Å². The second-order valence-electron chi connectivity index (χ2n) is 7.46. The summed E-state index contributed by atoms with van der Waals surface area (Å²) in [5, 5.41) is 32.3. The molecule has 0 saturated heterocycles. The van der Waals surface area contributed by atoms with Crippen LogP contribution < -0.4 is 5.32 Å². The van der Waals surface area contributed by atoms with Gasteiger partial charge in [0, 0.05) is 11.6 Å². The summed E-state index contributed by atoms with van der Waals surface area (Å²) in [5.41, 5.74) is 4.22. The molecule has 0 amide bonds. The lowest BCUT2D eigenvalue weighted by Crippen LogP contribution is -2.48. The third kappa shape index (κ3) is 2.63. The molecule has 2 aliphatic rings. The van der Waals surface area contributed by atoms with Crippen LogP contribution in [0.2, 0.25) is 0 Å². The van der Waals surface area contributed by atoms with Crippen LogP contribution in [0.1, 0.15) is 42.9 Å². The maximum Gasteiger partial charge on any atom is 0.149 e. The third-order valence-electron chi connectivity index (χ3n) is 5.22. The molecule has 1 saturated carbocycles. The van der Waals surface area contributed by atoms with E-state index in [4.69, 9.17) is 0 Å². The minimum Gasteiger partial charge on any atom is -0.507 e. The van der Waals surface area contributed by atoms with Gasteiger partial charge in [0.2, 0.25) is 0 Å². The van der Waals surface area contributed by atoms with E-state index in [1.54, 1.807) is 0 Å². The summed E-state index contributed by atoms with van der Waals surface area (Å²) in [6.07, 6.45) is 4.53. The molecule has 0 aliphatic heterocycles. The van der Waals surface area contributed by atoms with Gasteiger partial charge in [0.25, 0.3) is 0 Å². The van der Waals surface area contributed by atoms with Crippen LogP contribution in [0.25, 0.3) is 11.3 Å². The average Bonchev–Trinajstić information content (AvgIpc) is 2.96. The smallest absolute Gasteiger partial charge is 0.149 e. The van der Waals surface area contributed by atoms with E-state index >= 15 is 0 Å². The zero-order valence-corrected chi connectivity index (χ0v) is 14.1. The Morgan fingerprint density at radius 3 is 2.71 bits per heavy atom. The first kappa shape index (κ1) is 15.4. The normalized spacial score (nSPS) is 25.2. The van der Waals surface area contributed by atoms with Gasteiger partial charge in [-0.25, -0.2) is 0 Å². The number of fused-ring (bicyclic) bond motifs is 1. The van der Waals surface area contributed by atoms with Gasteiger partial charge >= 0.3 is 0 Å². The molecule has 24 heavy (non-hydrogen) atoms. The molecule has 0 radical (unpaired) electrons. The largest absolute Gasteiger partial charge is 0.507 e. The second-order valence-corrected chi connectivity index (χ2v) is 7.46. The number of phenolic OH excluding ortho intramolecular Hbond substituents is 1. The molecule has 5 nitrogen and oxygen atoms in total. The minimum atomic E-state index is -0.559. The van der Waals surface area contributed by atoms with E-state index in [1.807, 2.05) is 26.0 Å². The topological polar surface area (TPSA) is 78.3 Å². The summed E-state index contributed by atoms with van der Waals surface area (Å²) < 4.78 is 0. The van der Waals surface area contributed by atoms with Crippen molar-refractivity contribution in [2.45, 2.75) is 57.6 Å². The number of nitrogens with one attached hydrogen (secondary N) is 1. The molecule has 1 aromatic carbocycles. The summed E-state index contributed by atoms with van der Waals surface area (Å²) in [4.78, 5) is 0. The fourth-order valence-electron chi connectivity index (χ4n) is 3.97. The Morgan fingerprint density at radius 1 is 1.21 bits per heavy atom. The summed E-state index contributed by atoms with van der Waals surface area (Å²) in [6, 6.07) is 6.25. The number of hydrogen-bond donors (Lipinski definition) is 3. The Kier molecular flexibility index (Phi) is 3.49. The molecule has 126 valence electrons. The minimum absolute atomic E-state index is 0.243. The highest BCUT2D eigenvalue weighted by Crippen LogP contribution is 2.39. The number of nitrogens with zero attached hydrogens (tertiary/aromatic N) is 2. The summed E-state index contributed by atoms with van der Waals surface area (Å²) in [7, 11) is 0. The first-order valence-electron chi connectivity index (χ1n) is 8.60. The summed E-state index contributed by atoms with van der Waals surface area (Å²) in [5.74, 6) is 1.08. The first-order valence-corrected chi connectivity index (χ1v) is 8.60. The highest BCUT2D eigenvalue weighted by molar-refractivity contribution is 5.73. The van der Waals surface area contributed by atoms with Gasteiger partial charge < -0.3 is 15.5 Å². The lowest BCUT2D eigenvalue weighted by atomic mass is 9.77. The number of aromatic hydroxyl groups is 1. The maximum atomic E-state index is 10.6. The predicted molar refractivity (Wildman–Crippen MR) is 93.2 cm³/mol. The van der Waals surface area contributed by atoms with Crippen molar-refractivity contribution in [1.82, 2.24) is 10.2 Å². The fourth-order valence-corrected chi connectivity index (χ4v) is 3.97. The Labute approximate surface area is 141 Å². The van der Waals surface area contributed by atoms with E-state index < -0.39 is 5.60 Å². The van der Waals surface area contributed by atoms with E-state index in [0.717, 1.165) is 60.3 Å². The van der Waals surface area contributed by atoms with Crippen molar-refractivity contribution in [3.63, 3.8) is 0 Å². The molecule has 1 fully saturated rings. The molecule has 3 N–H and O–H groups in total. The highest BCUT2D eigenvalue weighted by atomic mass is 16.3. The molecule has 5 heteroatoms. The quantitative estimate of drug-likeness (QED) is 0.808. The lowest BCUT2D eigenvalue weighted by Gasteiger charge is -2.41. The monoisotopic (exact) mass is 325 g/mol. The predicted octanol–water partition coefficient (Wildman–Crippen LogP) is 2.97. The van der Waals surface area contributed by atoms with Crippen molar-refractivity contribution in [3.05, 3.63) is 34.9 Å². The van der Waals surface area contributed by atoms with Crippen LogP contribution in [0.5, 0.6) is 5.75 Å². The van der Waals surface area contributed by atoms with Crippen LogP contribution in [0.15, 0.2) is 18.2 Å². The van der Waals surface area contributed by atoms with Gasteiger partial charge in [0.15, 0.2) is 0 Å². The van der Waals surface area contributed by atoms with Gasteiger partial charge in [-0.3, -0.25) is 0 Å². The van der Waals surface area contributed by atoms with Gasteiger partial charge in [0.05, 0.1) is 11.3 Å². The van der Waals surface area contributed by atoms with Crippen LogP contribution in [0.4, 0.5) is 5.82 Å². The number of phenols is 1. The molecule has 0 atom stereocenters. The van der Waals surface area contributed by atoms with E-state index in [1.165, 1.54) is 5.56 Å². The van der Waals surface area contributed by atoms with Crippen LogP contribution in [0, 0.1) is 6.92 Å². The average molecular weight is 325 g/mol. The Balaban J connectivity index is 1.59. The van der Waals surface area contributed by atoms with Crippen molar-refractivity contribution < 1.29 is 10.2 Å². The summed E-state index contributed by atoms with van der Waals surface area (Å²) >= 11 is 0. The third-order valence-corrected chi connectivity index (χ3v) is 5.22. The number of aryl methyl sites for hydroxylation is 2. The van der Waals surface area contributed by atoms with Crippen LogP contribution in [-0.2, 0) is 12.8 Å². The second kappa shape index (κ2) is 5.45. The van der Waals surface area contributed by atoms with Crippen molar-refractivity contribution in [2.75, 3.05) is 5.32 Å². The van der Waals surface area contributed by atoms with E-state index in [9.17, 15) is 10.2 Å². The zero-order chi connectivity index (χ0) is 16.9. The van der Waals surface area contributed by atoms with Crippen LogP contribution >= 0.6 is 0 Å². The zero-order valence-electron chi connectivity index (χ0n) is 14.1. The molecule has 0 bridgehead atoms. The van der Waals surface area contributed by atoms with Crippen molar-refractivity contribution >= 4 is 5.82 Å². The molecule has 0 spiro atoms. The van der Waals surface area contributed by atoms with Gasteiger partial charge in [-0.05, 0) is 74.8 Å². The molecule has 1 aromatic heterocycles. The lowest BCUT2D eigenvalue weighted by molar-refractivity contribution is -0.0235. The number of aliphatic hydroxyl groups is 1. The number of benzene rings is 1. The number of hydrogen-bond acceptors (Lipinski definition) is 5. The van der Waals surface area contributed by atoms with Crippen LogP contribution in [0.3, 0.4) is 0 Å². The van der Waals surface area contributed by atoms with Gasteiger partial charge in [0.1, 0.15) is 11.6 Å². The molecule has 1 heterocycles. The number of anilines is 1. The molecule has 0 unspecified atom stereocenters. The van der Waals surface area contributed by atoms with Gasteiger partial charge in [-0.2, -0.15) is 0 Å². The van der Waals surface area contributed by atoms with Gasteiger partial charge in [-0.15, -0.1) is 10.2 Å². The Hall–Kier alpha value is -2.14. The van der Waals surface area contributed by atoms with Crippen molar-refractivity contribution in [1.29, 1.82) is 0 Å². The summed E-state index contributed by atoms with van der Waals surface area (Å²) in [6.45, 7) is 3.83. The standard InChI is InChI=1S/C19H23N3O2/c1-11-8-16(20-13-9-19(2,24)10-13)21-22-17(11)15-7-6-12-4-3-5-14(12)18(15)23/h6-8,13,23-24H,3-5,9-10H2,1-2H3,(H,20,21)/t13-,19+. The van der Waals surface area contributed by atoms with E-state index in [0.29, 0.717) is 5.75 Å². The van der Waals surface area contributed by atoms with E-state index in [-0.39, 0.29) is 6.04 Å². The Bertz CT molecular complexity index is 793. The molecule has 2 aliphatic carbocycles. The first-order chi connectivity index (χ1) is 11.4. The molecule has 2 aromatic rings. The van der Waals surface area contributed by atoms with Crippen LogP contribution in [-0.4, -0.2) is 32.1 Å². The number of rotatable bonds is 3. The fraction of sp³-hybridized carbons (Fsp3) is 0.474.